The highest BCUT2D eigenvalue weighted by Crippen LogP contribution is 2.27. The van der Waals surface area contributed by atoms with Crippen molar-refractivity contribution in [3.63, 3.8) is 0 Å². The average molecular weight is 464 g/mol. The SMILES string of the molecule is Cc1noc2nc(C(C)C)cc(C(=O)N3CCN(S(=O)(=O)c4ccc(F)cc4F)CC3)c12. The van der Waals surface area contributed by atoms with Crippen LogP contribution in [-0.4, -0.2) is 59.8 Å². The smallest absolute Gasteiger partial charge is 0.259 e. The Balaban J connectivity index is 1.57. The quantitative estimate of drug-likeness (QED) is 0.589. The van der Waals surface area contributed by atoms with Gasteiger partial charge >= 0.3 is 0 Å². The summed E-state index contributed by atoms with van der Waals surface area (Å²) in [5, 5.41) is 4.45. The van der Waals surface area contributed by atoms with E-state index in [-0.39, 0.29) is 43.7 Å². The van der Waals surface area contributed by atoms with Crippen molar-refractivity contribution in [2.45, 2.75) is 31.6 Å². The summed E-state index contributed by atoms with van der Waals surface area (Å²) in [5.74, 6) is -2.23. The van der Waals surface area contributed by atoms with Gasteiger partial charge in [0.05, 0.1) is 16.6 Å². The summed E-state index contributed by atoms with van der Waals surface area (Å²) in [4.78, 5) is 18.7. The zero-order valence-corrected chi connectivity index (χ0v) is 18.6. The van der Waals surface area contributed by atoms with Gasteiger partial charge < -0.3 is 9.42 Å². The third-order valence-corrected chi connectivity index (χ3v) is 7.43. The Labute approximate surface area is 183 Å². The number of aryl methyl sites for hydroxylation is 1. The topological polar surface area (TPSA) is 96.6 Å². The van der Waals surface area contributed by atoms with Crippen LogP contribution >= 0.6 is 0 Å². The third kappa shape index (κ3) is 3.86. The summed E-state index contributed by atoms with van der Waals surface area (Å²) < 4.78 is 59.2. The number of benzene rings is 1. The van der Waals surface area contributed by atoms with Gasteiger partial charge in [-0.1, -0.05) is 19.0 Å². The van der Waals surface area contributed by atoms with Gasteiger partial charge in [0.2, 0.25) is 10.0 Å². The van der Waals surface area contributed by atoms with E-state index in [1.807, 2.05) is 13.8 Å². The number of carbonyl (C=O) groups is 1. The molecule has 1 fully saturated rings. The molecule has 32 heavy (non-hydrogen) atoms. The van der Waals surface area contributed by atoms with Crippen molar-refractivity contribution < 1.29 is 26.5 Å². The molecular weight excluding hydrogens is 442 g/mol. The number of nitrogens with zero attached hydrogens (tertiary/aromatic N) is 4. The number of fused-ring (bicyclic) bond motifs is 1. The van der Waals surface area contributed by atoms with E-state index in [0.717, 1.165) is 16.4 Å². The van der Waals surface area contributed by atoms with Crippen LogP contribution in [0.5, 0.6) is 0 Å². The van der Waals surface area contributed by atoms with Crippen molar-refractivity contribution in [2.24, 2.45) is 0 Å². The molecule has 1 aliphatic rings. The largest absolute Gasteiger partial charge is 0.336 e. The number of pyridine rings is 1. The van der Waals surface area contributed by atoms with E-state index in [4.69, 9.17) is 4.52 Å². The maximum atomic E-state index is 14.1. The van der Waals surface area contributed by atoms with E-state index in [1.165, 1.54) is 0 Å². The van der Waals surface area contributed by atoms with Crippen LogP contribution in [0.3, 0.4) is 0 Å². The Hall–Kier alpha value is -2.92. The Kier molecular flexibility index (Phi) is 5.72. The Morgan fingerprint density at radius 1 is 1.12 bits per heavy atom. The molecule has 3 heterocycles. The van der Waals surface area contributed by atoms with Crippen molar-refractivity contribution in [1.29, 1.82) is 0 Å². The van der Waals surface area contributed by atoms with E-state index >= 15 is 0 Å². The molecule has 0 N–H and O–H groups in total. The standard InChI is InChI=1S/C21H22F2N4O4S/c1-12(2)17-11-15(19-13(3)25-31-20(19)24-17)21(28)26-6-8-27(9-7-26)32(29,30)18-5-4-14(22)10-16(18)23/h4-5,10-12H,6-9H2,1-3H3. The molecule has 0 spiro atoms. The molecule has 0 atom stereocenters. The molecule has 1 amide bonds. The van der Waals surface area contributed by atoms with Gasteiger partial charge in [-0.15, -0.1) is 0 Å². The fraction of sp³-hybridized carbons (Fsp3) is 0.381. The first-order chi connectivity index (χ1) is 15.1. The van der Waals surface area contributed by atoms with E-state index in [9.17, 15) is 22.0 Å². The van der Waals surface area contributed by atoms with Crippen molar-refractivity contribution in [3.8, 4) is 0 Å². The van der Waals surface area contributed by atoms with Crippen LogP contribution in [0.2, 0.25) is 0 Å². The van der Waals surface area contributed by atoms with Gasteiger partial charge in [0.15, 0.2) is 0 Å². The fourth-order valence-electron chi connectivity index (χ4n) is 3.70. The van der Waals surface area contributed by atoms with Crippen molar-refractivity contribution in [3.05, 3.63) is 52.9 Å². The summed E-state index contributed by atoms with van der Waals surface area (Å²) in [6.45, 7) is 5.82. The number of amides is 1. The summed E-state index contributed by atoms with van der Waals surface area (Å²) in [5.41, 5.74) is 1.91. The minimum Gasteiger partial charge on any atom is -0.336 e. The van der Waals surface area contributed by atoms with Gasteiger partial charge in [-0.05, 0) is 31.0 Å². The number of hydrogen-bond donors (Lipinski definition) is 0. The van der Waals surface area contributed by atoms with Crippen LogP contribution in [0.25, 0.3) is 11.1 Å². The predicted molar refractivity (Wildman–Crippen MR) is 112 cm³/mol. The predicted octanol–water partition coefficient (Wildman–Crippen LogP) is 3.08. The van der Waals surface area contributed by atoms with Gasteiger partial charge in [-0.25, -0.2) is 22.2 Å². The molecule has 0 unspecified atom stereocenters. The lowest BCUT2D eigenvalue weighted by Gasteiger charge is -2.34. The summed E-state index contributed by atoms with van der Waals surface area (Å²) in [6.07, 6.45) is 0. The third-order valence-electron chi connectivity index (χ3n) is 5.50. The van der Waals surface area contributed by atoms with E-state index < -0.39 is 26.6 Å². The number of aromatic nitrogens is 2. The molecule has 170 valence electrons. The molecule has 1 saturated heterocycles. The number of carbonyl (C=O) groups excluding carboxylic acids is 1. The minimum absolute atomic E-state index is 0.0151. The maximum Gasteiger partial charge on any atom is 0.259 e. The summed E-state index contributed by atoms with van der Waals surface area (Å²) in [7, 11) is -4.15. The minimum atomic E-state index is -4.15. The number of sulfonamides is 1. The molecule has 0 saturated carbocycles. The van der Waals surface area contributed by atoms with Crippen LogP contribution in [0.1, 0.15) is 41.5 Å². The van der Waals surface area contributed by atoms with E-state index in [0.29, 0.717) is 28.4 Å². The van der Waals surface area contributed by atoms with Crippen molar-refractivity contribution in [1.82, 2.24) is 19.3 Å². The van der Waals surface area contributed by atoms with Crippen LogP contribution in [0.15, 0.2) is 33.7 Å². The fourth-order valence-corrected chi connectivity index (χ4v) is 5.17. The number of rotatable bonds is 4. The molecule has 0 aliphatic carbocycles. The average Bonchev–Trinajstić information content (AvgIpc) is 3.13. The normalized spacial score (nSPS) is 15.6. The molecular formula is C21H22F2N4O4S. The van der Waals surface area contributed by atoms with Gasteiger partial charge in [-0.3, -0.25) is 4.79 Å². The molecule has 3 aromatic rings. The van der Waals surface area contributed by atoms with Gasteiger partial charge in [0.25, 0.3) is 11.6 Å². The lowest BCUT2D eigenvalue weighted by Crippen LogP contribution is -2.50. The van der Waals surface area contributed by atoms with Crippen molar-refractivity contribution in [2.75, 3.05) is 26.2 Å². The first-order valence-electron chi connectivity index (χ1n) is 10.1. The number of hydrogen-bond acceptors (Lipinski definition) is 6. The van der Waals surface area contributed by atoms with Crippen LogP contribution < -0.4 is 0 Å². The number of piperazine rings is 1. The van der Waals surface area contributed by atoms with Crippen molar-refractivity contribution >= 4 is 27.0 Å². The second-order valence-corrected chi connectivity index (χ2v) is 9.87. The molecule has 0 radical (unpaired) electrons. The molecule has 8 nitrogen and oxygen atoms in total. The molecule has 1 aromatic carbocycles. The molecule has 2 aromatic heterocycles. The highest BCUT2D eigenvalue weighted by Gasteiger charge is 2.33. The maximum absolute atomic E-state index is 14.1. The van der Waals surface area contributed by atoms with Gasteiger partial charge in [0.1, 0.15) is 16.5 Å². The Morgan fingerprint density at radius 3 is 2.44 bits per heavy atom. The molecule has 1 aliphatic heterocycles. The van der Waals surface area contributed by atoms with E-state index in [1.54, 1.807) is 17.9 Å². The zero-order chi connectivity index (χ0) is 23.2. The zero-order valence-electron chi connectivity index (χ0n) is 17.8. The highest BCUT2D eigenvalue weighted by atomic mass is 32.2. The highest BCUT2D eigenvalue weighted by molar-refractivity contribution is 7.89. The molecule has 0 bridgehead atoms. The van der Waals surface area contributed by atoms with Gasteiger partial charge in [0, 0.05) is 37.9 Å². The van der Waals surface area contributed by atoms with Crippen LogP contribution in [0.4, 0.5) is 8.78 Å². The Bertz CT molecular complexity index is 1300. The lowest BCUT2D eigenvalue weighted by molar-refractivity contribution is 0.0699. The Morgan fingerprint density at radius 2 is 1.81 bits per heavy atom. The first-order valence-corrected chi connectivity index (χ1v) is 11.5. The summed E-state index contributed by atoms with van der Waals surface area (Å²) >= 11 is 0. The monoisotopic (exact) mass is 464 g/mol. The van der Waals surface area contributed by atoms with Crippen LogP contribution in [-0.2, 0) is 10.0 Å². The number of halogens is 2. The summed E-state index contributed by atoms with van der Waals surface area (Å²) in [6, 6.07) is 4.07. The van der Waals surface area contributed by atoms with E-state index in [2.05, 4.69) is 10.1 Å². The second-order valence-electron chi connectivity index (χ2n) is 7.97. The molecule has 11 heteroatoms. The van der Waals surface area contributed by atoms with Crippen LogP contribution in [0, 0.1) is 18.6 Å². The first kappa shape index (κ1) is 22.3. The van der Waals surface area contributed by atoms with Gasteiger partial charge in [-0.2, -0.15) is 4.31 Å². The second kappa shape index (κ2) is 8.21. The molecule has 4 rings (SSSR count). The lowest BCUT2D eigenvalue weighted by atomic mass is 10.0.